The van der Waals surface area contributed by atoms with Crippen molar-refractivity contribution in [3.8, 4) is 5.75 Å². The molecule has 0 unspecified atom stereocenters. The SMILES string of the molecule is CCN(CC)CCc1c[nH]c2ccc(OS(=O)(=O)c3cccs3)cc12. The minimum atomic E-state index is -3.77. The molecule has 2 heterocycles. The summed E-state index contributed by atoms with van der Waals surface area (Å²) in [6.07, 6.45) is 2.90. The summed E-state index contributed by atoms with van der Waals surface area (Å²) in [7, 11) is -3.77. The van der Waals surface area contributed by atoms with E-state index in [0.29, 0.717) is 5.75 Å². The zero-order valence-electron chi connectivity index (χ0n) is 14.4. The molecule has 7 heteroatoms. The third-order valence-corrected chi connectivity index (χ3v) is 6.88. The number of hydrogen-bond donors (Lipinski definition) is 1. The molecule has 0 fully saturated rings. The van der Waals surface area contributed by atoms with Gasteiger partial charge < -0.3 is 14.1 Å². The highest BCUT2D eigenvalue weighted by atomic mass is 32.3. The first kappa shape index (κ1) is 18.0. The number of fused-ring (bicyclic) bond motifs is 1. The molecule has 1 aromatic carbocycles. The number of rotatable bonds is 8. The second-order valence-electron chi connectivity index (χ2n) is 5.77. The highest BCUT2D eigenvalue weighted by molar-refractivity contribution is 7.89. The molecule has 0 saturated carbocycles. The molecular formula is C18H22N2O3S2. The van der Waals surface area contributed by atoms with Gasteiger partial charge in [0, 0.05) is 23.6 Å². The normalized spacial score (nSPS) is 12.1. The zero-order valence-corrected chi connectivity index (χ0v) is 16.0. The largest absolute Gasteiger partial charge is 0.378 e. The second kappa shape index (κ2) is 7.59. The van der Waals surface area contributed by atoms with E-state index < -0.39 is 10.1 Å². The maximum atomic E-state index is 12.3. The number of thiophene rings is 1. The van der Waals surface area contributed by atoms with Gasteiger partial charge in [-0.05, 0) is 54.7 Å². The minimum Gasteiger partial charge on any atom is -0.378 e. The Morgan fingerprint density at radius 2 is 2.00 bits per heavy atom. The smallest absolute Gasteiger partial charge is 0.348 e. The van der Waals surface area contributed by atoms with Crippen LogP contribution in [0.15, 0.2) is 46.1 Å². The minimum absolute atomic E-state index is 0.212. The average molecular weight is 379 g/mol. The van der Waals surface area contributed by atoms with Gasteiger partial charge in [-0.15, -0.1) is 11.3 Å². The molecule has 2 aromatic heterocycles. The van der Waals surface area contributed by atoms with Gasteiger partial charge >= 0.3 is 10.1 Å². The van der Waals surface area contributed by atoms with E-state index in [1.807, 2.05) is 12.3 Å². The van der Waals surface area contributed by atoms with Crippen LogP contribution in [-0.2, 0) is 16.5 Å². The van der Waals surface area contributed by atoms with E-state index in [4.69, 9.17) is 4.18 Å². The van der Waals surface area contributed by atoms with Crippen molar-refractivity contribution in [2.75, 3.05) is 19.6 Å². The third-order valence-electron chi connectivity index (χ3n) is 4.28. The van der Waals surface area contributed by atoms with Gasteiger partial charge in [0.2, 0.25) is 0 Å². The lowest BCUT2D eigenvalue weighted by molar-refractivity contribution is 0.308. The maximum absolute atomic E-state index is 12.3. The molecule has 0 aliphatic heterocycles. The number of H-pyrrole nitrogens is 1. The fraction of sp³-hybridized carbons (Fsp3) is 0.333. The van der Waals surface area contributed by atoms with E-state index in [9.17, 15) is 8.42 Å². The molecule has 0 amide bonds. The molecule has 0 radical (unpaired) electrons. The van der Waals surface area contributed by atoms with E-state index in [0.717, 1.165) is 48.3 Å². The Morgan fingerprint density at radius 1 is 1.20 bits per heavy atom. The van der Waals surface area contributed by atoms with Crippen LogP contribution in [0.25, 0.3) is 10.9 Å². The average Bonchev–Trinajstić information content (AvgIpc) is 3.26. The Kier molecular flexibility index (Phi) is 5.46. The van der Waals surface area contributed by atoms with E-state index in [-0.39, 0.29) is 4.21 Å². The van der Waals surface area contributed by atoms with Gasteiger partial charge in [-0.25, -0.2) is 0 Å². The van der Waals surface area contributed by atoms with Crippen LogP contribution < -0.4 is 4.18 Å². The van der Waals surface area contributed by atoms with Crippen molar-refractivity contribution in [1.82, 2.24) is 9.88 Å². The van der Waals surface area contributed by atoms with Gasteiger partial charge in [-0.2, -0.15) is 8.42 Å². The summed E-state index contributed by atoms with van der Waals surface area (Å²) in [6, 6.07) is 8.58. The second-order valence-corrected chi connectivity index (χ2v) is 8.49. The van der Waals surface area contributed by atoms with E-state index in [1.165, 1.54) is 5.56 Å². The summed E-state index contributed by atoms with van der Waals surface area (Å²) in [4.78, 5) is 5.61. The molecule has 0 aliphatic rings. The van der Waals surface area contributed by atoms with Crippen LogP contribution >= 0.6 is 11.3 Å². The molecule has 25 heavy (non-hydrogen) atoms. The fourth-order valence-corrected chi connectivity index (χ4v) is 4.68. The van der Waals surface area contributed by atoms with Gasteiger partial charge in [0.15, 0.2) is 4.21 Å². The summed E-state index contributed by atoms with van der Waals surface area (Å²) < 4.78 is 30.1. The van der Waals surface area contributed by atoms with Gasteiger partial charge in [0.25, 0.3) is 0 Å². The molecule has 134 valence electrons. The highest BCUT2D eigenvalue weighted by Gasteiger charge is 2.18. The lowest BCUT2D eigenvalue weighted by Gasteiger charge is -2.17. The van der Waals surface area contributed by atoms with Crippen molar-refractivity contribution in [3.63, 3.8) is 0 Å². The predicted octanol–water partition coefficient (Wildman–Crippen LogP) is 3.88. The molecule has 3 rings (SSSR count). The first-order valence-corrected chi connectivity index (χ1v) is 10.6. The van der Waals surface area contributed by atoms with Crippen LogP contribution in [0.4, 0.5) is 0 Å². The monoisotopic (exact) mass is 378 g/mol. The maximum Gasteiger partial charge on any atom is 0.348 e. The van der Waals surface area contributed by atoms with Crippen LogP contribution in [0.5, 0.6) is 5.75 Å². The number of aromatic nitrogens is 1. The Labute approximate surface area is 152 Å². The van der Waals surface area contributed by atoms with Gasteiger partial charge in [-0.3, -0.25) is 0 Å². The van der Waals surface area contributed by atoms with Crippen molar-refractivity contribution in [2.45, 2.75) is 24.5 Å². The number of nitrogens with one attached hydrogen (secondary N) is 1. The first-order chi connectivity index (χ1) is 12.0. The third kappa shape index (κ3) is 4.05. The Morgan fingerprint density at radius 3 is 2.68 bits per heavy atom. The first-order valence-electron chi connectivity index (χ1n) is 8.34. The van der Waals surface area contributed by atoms with Crippen molar-refractivity contribution in [1.29, 1.82) is 0 Å². The Hall–Kier alpha value is -1.83. The van der Waals surface area contributed by atoms with Crippen molar-refractivity contribution in [2.24, 2.45) is 0 Å². The van der Waals surface area contributed by atoms with Crippen LogP contribution in [-0.4, -0.2) is 37.9 Å². The molecule has 0 atom stereocenters. The van der Waals surface area contributed by atoms with Gasteiger partial charge in [-0.1, -0.05) is 19.9 Å². The molecule has 1 N–H and O–H groups in total. The lowest BCUT2D eigenvalue weighted by Crippen LogP contribution is -2.25. The summed E-state index contributed by atoms with van der Waals surface area (Å²) in [5, 5.41) is 2.72. The fourth-order valence-electron chi connectivity index (χ4n) is 2.81. The predicted molar refractivity (Wildman–Crippen MR) is 102 cm³/mol. The van der Waals surface area contributed by atoms with Crippen molar-refractivity contribution >= 4 is 32.4 Å². The Bertz CT molecular complexity index is 927. The number of aromatic amines is 1. The number of hydrogen-bond acceptors (Lipinski definition) is 5. The van der Waals surface area contributed by atoms with E-state index >= 15 is 0 Å². The van der Waals surface area contributed by atoms with Crippen LogP contribution in [0, 0.1) is 0 Å². The number of nitrogens with zero attached hydrogens (tertiary/aromatic N) is 1. The topological polar surface area (TPSA) is 62.4 Å². The van der Waals surface area contributed by atoms with Crippen LogP contribution in [0.3, 0.4) is 0 Å². The lowest BCUT2D eigenvalue weighted by atomic mass is 10.1. The molecule has 0 bridgehead atoms. The quantitative estimate of drug-likeness (QED) is 0.604. The summed E-state index contributed by atoms with van der Waals surface area (Å²) in [6.45, 7) is 7.32. The van der Waals surface area contributed by atoms with Gasteiger partial charge in [0.05, 0.1) is 0 Å². The van der Waals surface area contributed by atoms with Crippen molar-refractivity contribution < 1.29 is 12.6 Å². The zero-order chi connectivity index (χ0) is 17.9. The molecule has 0 aliphatic carbocycles. The summed E-state index contributed by atoms with van der Waals surface area (Å²) >= 11 is 1.15. The molecule has 5 nitrogen and oxygen atoms in total. The Balaban J connectivity index is 1.83. The number of likely N-dealkylation sites (N-methyl/N-ethyl adjacent to an activating group) is 1. The van der Waals surface area contributed by atoms with Crippen molar-refractivity contribution in [3.05, 3.63) is 47.5 Å². The summed E-state index contributed by atoms with van der Waals surface area (Å²) in [5.41, 5.74) is 2.15. The molecular weight excluding hydrogens is 356 g/mol. The molecule has 0 saturated heterocycles. The number of benzene rings is 1. The van der Waals surface area contributed by atoms with E-state index in [2.05, 4.69) is 23.7 Å². The van der Waals surface area contributed by atoms with E-state index in [1.54, 1.807) is 29.6 Å². The summed E-state index contributed by atoms with van der Waals surface area (Å²) in [5.74, 6) is 0.338. The van der Waals surface area contributed by atoms with Crippen LogP contribution in [0.2, 0.25) is 0 Å². The highest BCUT2D eigenvalue weighted by Crippen LogP contribution is 2.27. The molecule has 0 spiro atoms. The standard InChI is InChI=1S/C18H22N2O3S2/c1-3-20(4-2)10-9-14-13-19-17-8-7-15(12-16(14)17)23-25(21,22)18-6-5-11-24-18/h5-8,11-13,19H,3-4,9-10H2,1-2H3. The molecule has 3 aromatic rings. The van der Waals surface area contributed by atoms with Gasteiger partial charge in [0.1, 0.15) is 5.75 Å². The van der Waals surface area contributed by atoms with Crippen LogP contribution in [0.1, 0.15) is 19.4 Å².